The number of rotatable bonds is 7. The van der Waals surface area contributed by atoms with E-state index in [1.807, 2.05) is 0 Å². The van der Waals surface area contributed by atoms with Crippen molar-refractivity contribution in [2.75, 3.05) is 0 Å². The summed E-state index contributed by atoms with van der Waals surface area (Å²) in [6, 6.07) is 0. The maximum atomic E-state index is 10.2. The molecule has 0 fully saturated rings. The zero-order valence-corrected chi connectivity index (χ0v) is 8.52. The molecule has 1 unspecified atom stereocenters. The highest BCUT2D eigenvalue weighted by atomic mass is 32.1. The van der Waals surface area contributed by atoms with Gasteiger partial charge in [0.05, 0.1) is 0 Å². The molecule has 12 heavy (non-hydrogen) atoms. The van der Waals surface area contributed by atoms with Crippen LogP contribution in [0.25, 0.3) is 0 Å². The van der Waals surface area contributed by atoms with Gasteiger partial charge in [-0.1, -0.05) is 26.2 Å². The normalized spacial score (nSPS) is 12.8. The summed E-state index contributed by atoms with van der Waals surface area (Å²) >= 11 is 4.31. The molecule has 0 rings (SSSR count). The van der Waals surface area contributed by atoms with Crippen molar-refractivity contribution in [2.45, 2.75) is 50.7 Å². The van der Waals surface area contributed by atoms with Crippen molar-refractivity contribution < 1.29 is 9.90 Å². The Morgan fingerprint density at radius 3 is 2.58 bits per heavy atom. The number of carboxylic acid groups (broad SMARTS) is 1. The Kier molecular flexibility index (Phi) is 7.36. The van der Waals surface area contributed by atoms with Gasteiger partial charge >= 0.3 is 5.97 Å². The number of aliphatic carboxylic acids is 1. The first-order chi connectivity index (χ1) is 5.66. The second-order valence-corrected chi connectivity index (χ2v) is 3.81. The molecule has 0 aliphatic heterocycles. The fourth-order valence-electron chi connectivity index (χ4n) is 1.06. The first kappa shape index (κ1) is 11.8. The topological polar surface area (TPSA) is 37.3 Å². The summed E-state index contributed by atoms with van der Waals surface area (Å²) < 4.78 is 0. The summed E-state index contributed by atoms with van der Waals surface area (Å²) in [5, 5.41) is 8.67. The first-order valence-corrected chi connectivity index (χ1v) is 5.08. The van der Waals surface area contributed by atoms with Gasteiger partial charge in [-0.3, -0.25) is 4.79 Å². The lowest BCUT2D eigenvalue weighted by Gasteiger charge is -2.07. The van der Waals surface area contributed by atoms with Crippen LogP contribution < -0.4 is 0 Å². The minimum absolute atomic E-state index is 0.250. The van der Waals surface area contributed by atoms with Crippen molar-refractivity contribution in [1.82, 2.24) is 0 Å². The number of hydrogen-bond donors (Lipinski definition) is 2. The van der Waals surface area contributed by atoms with E-state index in [9.17, 15) is 4.79 Å². The van der Waals surface area contributed by atoms with E-state index in [1.165, 1.54) is 19.3 Å². The summed E-state index contributed by atoms with van der Waals surface area (Å²) in [5.74, 6) is -0.718. The van der Waals surface area contributed by atoms with Crippen LogP contribution in [0, 0.1) is 0 Å². The van der Waals surface area contributed by atoms with Gasteiger partial charge in [0.15, 0.2) is 0 Å². The van der Waals surface area contributed by atoms with Crippen molar-refractivity contribution in [3.8, 4) is 0 Å². The van der Waals surface area contributed by atoms with Crippen LogP contribution in [0.3, 0.4) is 0 Å². The molecule has 1 atom stereocenters. The van der Waals surface area contributed by atoms with Crippen LogP contribution in [0.15, 0.2) is 0 Å². The van der Waals surface area contributed by atoms with Gasteiger partial charge in [0.2, 0.25) is 0 Å². The standard InChI is InChI=1S/C9H18O2S/c1-2-3-4-5-8(12)6-7-9(10)11/h8,12H,2-7H2,1H3,(H,10,11). The molecule has 0 aromatic carbocycles. The summed E-state index contributed by atoms with van der Waals surface area (Å²) in [6.45, 7) is 2.16. The molecule has 0 saturated carbocycles. The SMILES string of the molecule is CCCCCC(S)CCC(=O)O. The predicted octanol–water partition coefficient (Wildman–Crippen LogP) is 2.73. The van der Waals surface area contributed by atoms with Gasteiger partial charge in [0.25, 0.3) is 0 Å². The molecule has 0 amide bonds. The second-order valence-electron chi connectivity index (χ2n) is 3.08. The van der Waals surface area contributed by atoms with Crippen LogP contribution in [-0.4, -0.2) is 16.3 Å². The smallest absolute Gasteiger partial charge is 0.303 e. The maximum absolute atomic E-state index is 10.2. The van der Waals surface area contributed by atoms with Crippen molar-refractivity contribution >= 4 is 18.6 Å². The third-order valence-electron chi connectivity index (χ3n) is 1.83. The Bertz CT molecular complexity index is 126. The van der Waals surface area contributed by atoms with Crippen LogP contribution in [-0.2, 0) is 4.79 Å². The lowest BCUT2D eigenvalue weighted by molar-refractivity contribution is -0.137. The maximum Gasteiger partial charge on any atom is 0.303 e. The Morgan fingerprint density at radius 2 is 2.08 bits per heavy atom. The van der Waals surface area contributed by atoms with Crippen molar-refractivity contribution in [3.05, 3.63) is 0 Å². The molecule has 0 heterocycles. The number of unbranched alkanes of at least 4 members (excludes halogenated alkanes) is 2. The fraction of sp³-hybridized carbons (Fsp3) is 0.889. The van der Waals surface area contributed by atoms with E-state index < -0.39 is 5.97 Å². The summed E-state index contributed by atoms with van der Waals surface area (Å²) in [5.41, 5.74) is 0. The number of carbonyl (C=O) groups is 1. The van der Waals surface area contributed by atoms with Crippen LogP contribution in [0.1, 0.15) is 45.4 Å². The highest BCUT2D eigenvalue weighted by Gasteiger charge is 2.05. The molecule has 0 saturated heterocycles. The summed E-state index contributed by atoms with van der Waals surface area (Å²) in [4.78, 5) is 10.2. The third-order valence-corrected chi connectivity index (χ3v) is 2.35. The molecule has 72 valence electrons. The molecule has 0 aromatic rings. The lowest BCUT2D eigenvalue weighted by Crippen LogP contribution is -2.03. The van der Waals surface area contributed by atoms with Gasteiger partial charge in [-0.25, -0.2) is 0 Å². The third kappa shape index (κ3) is 7.92. The van der Waals surface area contributed by atoms with E-state index in [-0.39, 0.29) is 11.7 Å². The predicted molar refractivity (Wildman–Crippen MR) is 53.8 cm³/mol. The van der Waals surface area contributed by atoms with Crippen LogP contribution in [0.4, 0.5) is 0 Å². The van der Waals surface area contributed by atoms with Crippen LogP contribution >= 0.6 is 12.6 Å². The summed E-state index contributed by atoms with van der Waals surface area (Å²) in [7, 11) is 0. The molecule has 0 radical (unpaired) electrons. The van der Waals surface area contributed by atoms with Crippen LogP contribution in [0.5, 0.6) is 0 Å². The zero-order valence-electron chi connectivity index (χ0n) is 7.62. The van der Waals surface area contributed by atoms with E-state index in [2.05, 4.69) is 19.6 Å². The van der Waals surface area contributed by atoms with Crippen molar-refractivity contribution in [1.29, 1.82) is 0 Å². The minimum Gasteiger partial charge on any atom is -0.481 e. The van der Waals surface area contributed by atoms with E-state index in [0.717, 1.165) is 6.42 Å². The molecule has 0 bridgehead atoms. The summed E-state index contributed by atoms with van der Waals surface area (Å²) in [6.07, 6.45) is 5.60. The molecular formula is C9H18O2S. The quantitative estimate of drug-likeness (QED) is 0.478. The Labute approximate surface area is 79.8 Å². The van der Waals surface area contributed by atoms with E-state index in [0.29, 0.717) is 6.42 Å². The number of hydrogen-bond acceptors (Lipinski definition) is 2. The van der Waals surface area contributed by atoms with Gasteiger partial charge in [0.1, 0.15) is 0 Å². The van der Waals surface area contributed by atoms with Gasteiger partial charge in [-0.05, 0) is 12.8 Å². The molecule has 0 aromatic heterocycles. The van der Waals surface area contributed by atoms with Crippen molar-refractivity contribution in [3.63, 3.8) is 0 Å². The molecule has 0 spiro atoms. The molecule has 0 aliphatic rings. The number of thiol groups is 1. The van der Waals surface area contributed by atoms with Gasteiger partial charge in [-0.15, -0.1) is 0 Å². The Hall–Kier alpha value is -0.180. The van der Waals surface area contributed by atoms with Gasteiger partial charge < -0.3 is 5.11 Å². The molecular weight excluding hydrogens is 172 g/mol. The van der Waals surface area contributed by atoms with Gasteiger partial charge in [-0.2, -0.15) is 12.6 Å². The highest BCUT2D eigenvalue weighted by Crippen LogP contribution is 2.13. The average Bonchev–Trinajstić information content (AvgIpc) is 2.01. The van der Waals surface area contributed by atoms with E-state index in [1.54, 1.807) is 0 Å². The Morgan fingerprint density at radius 1 is 1.42 bits per heavy atom. The van der Waals surface area contributed by atoms with Gasteiger partial charge in [0, 0.05) is 11.7 Å². The monoisotopic (exact) mass is 190 g/mol. The van der Waals surface area contributed by atoms with Crippen LogP contribution in [0.2, 0.25) is 0 Å². The first-order valence-electron chi connectivity index (χ1n) is 4.56. The second kappa shape index (κ2) is 7.47. The Balaban J connectivity index is 3.21. The molecule has 0 aliphatic carbocycles. The lowest BCUT2D eigenvalue weighted by atomic mass is 10.1. The average molecular weight is 190 g/mol. The molecule has 3 heteroatoms. The zero-order chi connectivity index (χ0) is 9.40. The largest absolute Gasteiger partial charge is 0.481 e. The highest BCUT2D eigenvalue weighted by molar-refractivity contribution is 7.80. The van der Waals surface area contributed by atoms with Crippen molar-refractivity contribution in [2.24, 2.45) is 0 Å². The molecule has 2 nitrogen and oxygen atoms in total. The minimum atomic E-state index is -0.718. The fourth-order valence-corrected chi connectivity index (χ4v) is 1.38. The molecule has 1 N–H and O–H groups in total. The van der Waals surface area contributed by atoms with E-state index >= 15 is 0 Å². The number of carboxylic acids is 1. The van der Waals surface area contributed by atoms with E-state index in [4.69, 9.17) is 5.11 Å².